The molecule has 2 rings (SSSR count). The summed E-state index contributed by atoms with van der Waals surface area (Å²) >= 11 is 0. The van der Waals surface area contributed by atoms with Crippen molar-refractivity contribution in [3.63, 3.8) is 0 Å². The minimum atomic E-state index is -0.358. The van der Waals surface area contributed by atoms with Crippen LogP contribution in [0.1, 0.15) is 45.8 Å². The Balaban J connectivity index is 1.86. The molecule has 1 saturated carbocycles. The molecule has 5 nitrogen and oxygen atoms in total. The first-order valence-corrected chi connectivity index (χ1v) is 7.99. The zero-order valence-electron chi connectivity index (χ0n) is 13.8. The molecule has 3 N–H and O–H groups in total. The first-order valence-electron chi connectivity index (χ1n) is 7.99. The number of amides is 1. The summed E-state index contributed by atoms with van der Waals surface area (Å²) in [4.78, 5) is 12.0. The Hall–Kier alpha value is -1.33. The molecule has 0 aliphatic heterocycles. The topological polar surface area (TPSA) is 74.5 Å². The highest BCUT2D eigenvalue weighted by molar-refractivity contribution is 5.78. The summed E-state index contributed by atoms with van der Waals surface area (Å²) in [7, 11) is 0. The summed E-state index contributed by atoms with van der Waals surface area (Å²) in [5.74, 6) is 1.19. The number of carbonyl (C=O) groups is 1. The summed E-state index contributed by atoms with van der Waals surface area (Å²) in [6.45, 7) is 7.33. The Bertz CT molecular complexity index is 484. The number of hydrogen-bond donors (Lipinski definition) is 3. The van der Waals surface area contributed by atoms with Gasteiger partial charge in [-0.3, -0.25) is 4.79 Å². The first kappa shape index (κ1) is 17.0. The number of nitrogens with one attached hydrogen (secondary N) is 2. The molecule has 124 valence electrons. The molecule has 0 aromatic carbocycles. The van der Waals surface area contributed by atoms with Crippen LogP contribution >= 0.6 is 0 Å². The van der Waals surface area contributed by atoms with Crippen LogP contribution in [0.5, 0.6) is 0 Å². The Kier molecular flexibility index (Phi) is 5.29. The molecule has 1 aliphatic carbocycles. The van der Waals surface area contributed by atoms with Gasteiger partial charge in [0, 0.05) is 5.54 Å². The van der Waals surface area contributed by atoms with Crippen molar-refractivity contribution >= 4 is 5.91 Å². The Morgan fingerprint density at radius 3 is 2.82 bits per heavy atom. The molecule has 5 heteroatoms. The van der Waals surface area contributed by atoms with E-state index in [2.05, 4.69) is 31.4 Å². The minimum Gasteiger partial charge on any atom is -0.467 e. The van der Waals surface area contributed by atoms with Crippen LogP contribution in [-0.4, -0.2) is 29.7 Å². The third-order valence-corrected chi connectivity index (χ3v) is 4.42. The maximum atomic E-state index is 12.0. The number of aliphatic hydroxyl groups is 1. The first-order chi connectivity index (χ1) is 10.3. The number of rotatable bonds is 6. The van der Waals surface area contributed by atoms with Gasteiger partial charge in [0.05, 0.1) is 26.0 Å². The van der Waals surface area contributed by atoms with E-state index in [9.17, 15) is 9.90 Å². The van der Waals surface area contributed by atoms with Gasteiger partial charge in [-0.25, -0.2) is 0 Å². The predicted octanol–water partition coefficient (Wildman–Crippen LogP) is 2.06. The molecule has 1 aliphatic rings. The molecule has 0 spiro atoms. The van der Waals surface area contributed by atoms with E-state index in [1.165, 1.54) is 0 Å². The van der Waals surface area contributed by atoms with Crippen LogP contribution in [0.25, 0.3) is 0 Å². The second-order valence-corrected chi connectivity index (χ2v) is 7.50. The van der Waals surface area contributed by atoms with E-state index in [-0.39, 0.29) is 30.0 Å². The van der Waals surface area contributed by atoms with E-state index in [4.69, 9.17) is 4.42 Å². The van der Waals surface area contributed by atoms with Crippen molar-refractivity contribution in [1.29, 1.82) is 0 Å². The van der Waals surface area contributed by atoms with Gasteiger partial charge in [0.25, 0.3) is 0 Å². The van der Waals surface area contributed by atoms with Crippen LogP contribution in [0.2, 0.25) is 0 Å². The smallest absolute Gasteiger partial charge is 0.234 e. The normalized spacial score (nSPS) is 27.5. The van der Waals surface area contributed by atoms with Crippen LogP contribution in [0.3, 0.4) is 0 Å². The minimum absolute atomic E-state index is 0.0617. The molecule has 0 bridgehead atoms. The fraction of sp³-hybridized carbons (Fsp3) is 0.706. The number of aliphatic hydroxyl groups excluding tert-OH is 1. The van der Waals surface area contributed by atoms with E-state index in [1.807, 2.05) is 6.07 Å². The second kappa shape index (κ2) is 6.84. The lowest BCUT2D eigenvalue weighted by molar-refractivity contribution is -0.121. The Morgan fingerprint density at radius 1 is 1.45 bits per heavy atom. The van der Waals surface area contributed by atoms with Gasteiger partial charge in [0.2, 0.25) is 5.91 Å². The lowest BCUT2D eigenvalue weighted by atomic mass is 9.64. The van der Waals surface area contributed by atoms with Gasteiger partial charge < -0.3 is 20.2 Å². The van der Waals surface area contributed by atoms with E-state index in [1.54, 1.807) is 12.3 Å². The average Bonchev–Trinajstić information content (AvgIpc) is 2.94. The van der Waals surface area contributed by atoms with Gasteiger partial charge in [0.15, 0.2) is 0 Å². The van der Waals surface area contributed by atoms with Crippen molar-refractivity contribution in [2.45, 2.75) is 52.1 Å². The fourth-order valence-corrected chi connectivity index (χ4v) is 3.98. The number of hydrogen-bond acceptors (Lipinski definition) is 4. The SMILES string of the molecule is C[C@H]1CC(C)(C)C[C@@](CO)(NCC(=O)NCc2ccco2)C1. The summed E-state index contributed by atoms with van der Waals surface area (Å²) in [5, 5.41) is 16.0. The molecule has 1 fully saturated rings. The average molecular weight is 308 g/mol. The molecular weight excluding hydrogens is 280 g/mol. The molecule has 1 aromatic rings. The molecule has 0 radical (unpaired) electrons. The van der Waals surface area contributed by atoms with Crippen molar-refractivity contribution < 1.29 is 14.3 Å². The van der Waals surface area contributed by atoms with Crippen molar-refractivity contribution in [3.8, 4) is 0 Å². The largest absolute Gasteiger partial charge is 0.467 e. The van der Waals surface area contributed by atoms with Crippen LogP contribution in [-0.2, 0) is 11.3 Å². The van der Waals surface area contributed by atoms with Gasteiger partial charge >= 0.3 is 0 Å². The second-order valence-electron chi connectivity index (χ2n) is 7.50. The van der Waals surface area contributed by atoms with Crippen LogP contribution in [0.4, 0.5) is 0 Å². The van der Waals surface area contributed by atoms with Crippen molar-refractivity contribution in [2.24, 2.45) is 11.3 Å². The lowest BCUT2D eigenvalue weighted by Crippen LogP contribution is -2.57. The van der Waals surface area contributed by atoms with Crippen molar-refractivity contribution in [1.82, 2.24) is 10.6 Å². The van der Waals surface area contributed by atoms with E-state index < -0.39 is 0 Å². The number of carbonyl (C=O) groups excluding carboxylic acids is 1. The highest BCUT2D eigenvalue weighted by Crippen LogP contribution is 2.43. The van der Waals surface area contributed by atoms with Crippen molar-refractivity contribution in [3.05, 3.63) is 24.2 Å². The van der Waals surface area contributed by atoms with E-state index in [0.29, 0.717) is 12.5 Å². The van der Waals surface area contributed by atoms with Crippen molar-refractivity contribution in [2.75, 3.05) is 13.2 Å². The molecule has 22 heavy (non-hydrogen) atoms. The van der Waals surface area contributed by atoms with Crippen LogP contribution < -0.4 is 10.6 Å². The maximum Gasteiger partial charge on any atom is 0.234 e. The highest BCUT2D eigenvalue weighted by atomic mass is 16.3. The quantitative estimate of drug-likeness (QED) is 0.752. The van der Waals surface area contributed by atoms with Crippen LogP contribution in [0, 0.1) is 11.3 Å². The van der Waals surface area contributed by atoms with E-state index in [0.717, 1.165) is 25.0 Å². The monoisotopic (exact) mass is 308 g/mol. The third-order valence-electron chi connectivity index (χ3n) is 4.42. The summed E-state index contributed by atoms with van der Waals surface area (Å²) in [6.07, 6.45) is 4.53. The van der Waals surface area contributed by atoms with E-state index >= 15 is 0 Å². The molecule has 0 unspecified atom stereocenters. The molecule has 1 aromatic heterocycles. The van der Waals surface area contributed by atoms with Gasteiger partial charge in [-0.2, -0.15) is 0 Å². The zero-order valence-corrected chi connectivity index (χ0v) is 13.8. The third kappa shape index (κ3) is 4.58. The summed E-state index contributed by atoms with van der Waals surface area (Å²) in [5.41, 5.74) is -0.179. The molecule has 2 atom stereocenters. The highest BCUT2D eigenvalue weighted by Gasteiger charge is 2.42. The maximum absolute atomic E-state index is 12.0. The van der Waals surface area contributed by atoms with Gasteiger partial charge in [0.1, 0.15) is 5.76 Å². The molecular formula is C17H28N2O3. The van der Waals surface area contributed by atoms with Gasteiger partial charge in [-0.1, -0.05) is 20.8 Å². The predicted molar refractivity (Wildman–Crippen MR) is 85.2 cm³/mol. The van der Waals surface area contributed by atoms with Gasteiger partial charge in [-0.15, -0.1) is 0 Å². The summed E-state index contributed by atoms with van der Waals surface area (Å²) < 4.78 is 5.19. The zero-order chi connectivity index (χ0) is 16.2. The van der Waals surface area contributed by atoms with Crippen LogP contribution in [0.15, 0.2) is 22.8 Å². The molecule has 1 heterocycles. The number of furan rings is 1. The molecule has 1 amide bonds. The fourth-order valence-electron chi connectivity index (χ4n) is 3.98. The standard InChI is InChI=1S/C17H28N2O3/c1-13-7-16(2,3)11-17(8-13,12-20)19-10-15(21)18-9-14-5-4-6-22-14/h4-6,13,19-20H,7-12H2,1-3H3,(H,18,21)/t13-,17-/m0/s1. The molecule has 0 saturated heterocycles. The Morgan fingerprint density at radius 2 is 2.23 bits per heavy atom. The van der Waals surface area contributed by atoms with Gasteiger partial charge in [-0.05, 0) is 42.7 Å². The Labute approximate surface area is 132 Å². The summed E-state index contributed by atoms with van der Waals surface area (Å²) in [6, 6.07) is 3.63. The lowest BCUT2D eigenvalue weighted by Gasteiger charge is -2.47.